The summed E-state index contributed by atoms with van der Waals surface area (Å²) in [6, 6.07) is 16.5. The van der Waals surface area contributed by atoms with E-state index in [1.807, 2.05) is 37.0 Å². The van der Waals surface area contributed by atoms with E-state index in [1.54, 1.807) is 0 Å². The van der Waals surface area contributed by atoms with Crippen molar-refractivity contribution in [2.75, 3.05) is 42.5 Å². The minimum atomic E-state index is -0.343. The Morgan fingerprint density at radius 3 is 2.56 bits per heavy atom. The summed E-state index contributed by atoms with van der Waals surface area (Å²) in [5.74, 6) is 0.0303. The first-order valence-corrected chi connectivity index (χ1v) is 15.5. The number of benzene rings is 2. The van der Waals surface area contributed by atoms with Gasteiger partial charge in [0.15, 0.2) is 5.43 Å². The van der Waals surface area contributed by atoms with E-state index in [-0.39, 0.29) is 17.3 Å². The second kappa shape index (κ2) is 12.5. The maximum atomic E-state index is 15.5. The molecule has 0 bridgehead atoms. The molecule has 2 atom stereocenters. The first-order chi connectivity index (χ1) is 20.8. The number of piperidine rings is 1. The SMILES string of the molecule is Cc1ccc(N2CCC[C@H](N(Cc3ccnc(C)c3)Cc3cn(C)c4cc(N5CC[C@H](CN)C5)c(F)cc4c3=O)C2)cc1. The van der Waals surface area contributed by atoms with Gasteiger partial charge in [0.1, 0.15) is 5.82 Å². The molecule has 2 aliphatic rings. The van der Waals surface area contributed by atoms with Crippen LogP contribution in [0.1, 0.15) is 41.6 Å². The van der Waals surface area contributed by atoms with E-state index in [0.717, 1.165) is 56.7 Å². The van der Waals surface area contributed by atoms with Crippen LogP contribution in [0.4, 0.5) is 15.8 Å². The molecule has 2 saturated heterocycles. The van der Waals surface area contributed by atoms with Crippen LogP contribution in [-0.4, -0.2) is 53.2 Å². The van der Waals surface area contributed by atoms with Crippen LogP contribution in [0.2, 0.25) is 0 Å². The molecule has 0 spiro atoms. The molecular formula is C35H43FN6O. The third-order valence-corrected chi connectivity index (χ3v) is 9.32. The van der Waals surface area contributed by atoms with Crippen LogP contribution in [0.5, 0.6) is 0 Å². The van der Waals surface area contributed by atoms with Crippen molar-refractivity contribution in [1.82, 2.24) is 14.5 Å². The van der Waals surface area contributed by atoms with Crippen LogP contribution in [0.25, 0.3) is 10.9 Å². The van der Waals surface area contributed by atoms with Gasteiger partial charge in [-0.1, -0.05) is 17.7 Å². The van der Waals surface area contributed by atoms with Crippen molar-refractivity contribution in [3.63, 3.8) is 0 Å². The Bertz CT molecular complexity index is 1650. The smallest absolute Gasteiger partial charge is 0.193 e. The maximum Gasteiger partial charge on any atom is 0.193 e. The minimum Gasteiger partial charge on any atom is -0.370 e. The number of aryl methyl sites for hydroxylation is 3. The predicted octanol–water partition coefficient (Wildman–Crippen LogP) is 5.15. The Balaban J connectivity index is 1.32. The maximum absolute atomic E-state index is 15.5. The summed E-state index contributed by atoms with van der Waals surface area (Å²) in [5.41, 5.74) is 12.4. The monoisotopic (exact) mass is 582 g/mol. The van der Waals surface area contributed by atoms with Gasteiger partial charge in [0.05, 0.1) is 11.2 Å². The molecule has 8 heteroatoms. The minimum absolute atomic E-state index is 0.0954. The second-order valence-electron chi connectivity index (χ2n) is 12.5. The molecule has 2 N–H and O–H groups in total. The van der Waals surface area contributed by atoms with Gasteiger partial charge < -0.3 is 20.1 Å². The highest BCUT2D eigenvalue weighted by Gasteiger charge is 2.28. The normalized spacial score (nSPS) is 19.1. The third kappa shape index (κ3) is 6.31. The van der Waals surface area contributed by atoms with E-state index >= 15 is 4.39 Å². The predicted molar refractivity (Wildman–Crippen MR) is 173 cm³/mol. The number of rotatable bonds is 8. The molecule has 43 heavy (non-hydrogen) atoms. The molecule has 2 aromatic carbocycles. The molecule has 7 nitrogen and oxygen atoms in total. The van der Waals surface area contributed by atoms with E-state index in [4.69, 9.17) is 5.73 Å². The number of halogens is 1. The second-order valence-corrected chi connectivity index (χ2v) is 12.5. The van der Waals surface area contributed by atoms with Gasteiger partial charge in [-0.05, 0) is 87.5 Å². The fraction of sp³-hybridized carbons (Fsp3) is 0.429. The zero-order chi connectivity index (χ0) is 30.1. The summed E-state index contributed by atoms with van der Waals surface area (Å²) in [6.45, 7) is 9.35. The number of hydrogen-bond donors (Lipinski definition) is 1. The van der Waals surface area contributed by atoms with Crippen molar-refractivity contribution in [2.45, 2.75) is 52.2 Å². The van der Waals surface area contributed by atoms with Crippen molar-refractivity contribution >= 4 is 22.3 Å². The first kappa shape index (κ1) is 29.3. The number of pyridine rings is 2. The molecule has 226 valence electrons. The highest BCUT2D eigenvalue weighted by Crippen LogP contribution is 2.30. The lowest BCUT2D eigenvalue weighted by atomic mass is 10.0. The lowest BCUT2D eigenvalue weighted by Gasteiger charge is -2.40. The molecule has 0 saturated carbocycles. The number of nitrogens with zero attached hydrogens (tertiary/aromatic N) is 5. The fourth-order valence-electron chi connectivity index (χ4n) is 6.87. The van der Waals surface area contributed by atoms with Crippen molar-refractivity contribution in [3.05, 3.63) is 99.3 Å². The quantitative estimate of drug-likeness (QED) is 0.310. The molecule has 4 aromatic rings. The van der Waals surface area contributed by atoms with Gasteiger partial charge >= 0.3 is 0 Å². The lowest BCUT2D eigenvalue weighted by Crippen LogP contribution is -2.48. The van der Waals surface area contributed by atoms with Gasteiger partial charge in [-0.3, -0.25) is 14.7 Å². The Labute approximate surface area is 253 Å². The number of anilines is 2. The zero-order valence-electron chi connectivity index (χ0n) is 25.6. The van der Waals surface area contributed by atoms with Gasteiger partial charge in [-0.15, -0.1) is 0 Å². The molecule has 2 fully saturated rings. The van der Waals surface area contributed by atoms with Crippen LogP contribution < -0.4 is 21.0 Å². The van der Waals surface area contributed by atoms with E-state index in [0.29, 0.717) is 42.2 Å². The van der Waals surface area contributed by atoms with Crippen LogP contribution in [0.3, 0.4) is 0 Å². The van der Waals surface area contributed by atoms with Crippen LogP contribution in [0.15, 0.2) is 65.7 Å². The largest absolute Gasteiger partial charge is 0.370 e. The summed E-state index contributed by atoms with van der Waals surface area (Å²) in [7, 11) is 1.95. The molecule has 0 amide bonds. The van der Waals surface area contributed by atoms with Gasteiger partial charge in [0.25, 0.3) is 0 Å². The molecule has 2 aromatic heterocycles. The highest BCUT2D eigenvalue weighted by atomic mass is 19.1. The molecule has 0 unspecified atom stereocenters. The molecular weight excluding hydrogens is 539 g/mol. The average Bonchev–Trinajstić information content (AvgIpc) is 3.49. The number of aromatic nitrogens is 2. The van der Waals surface area contributed by atoms with Crippen molar-refractivity contribution < 1.29 is 4.39 Å². The molecule has 4 heterocycles. The van der Waals surface area contributed by atoms with Gasteiger partial charge in [0.2, 0.25) is 0 Å². The van der Waals surface area contributed by atoms with E-state index in [1.165, 1.54) is 22.9 Å². The van der Waals surface area contributed by atoms with Crippen molar-refractivity contribution in [3.8, 4) is 0 Å². The van der Waals surface area contributed by atoms with E-state index in [2.05, 4.69) is 63.0 Å². The van der Waals surface area contributed by atoms with Crippen LogP contribution in [0, 0.1) is 25.6 Å². The Morgan fingerprint density at radius 1 is 1.00 bits per heavy atom. The first-order valence-electron chi connectivity index (χ1n) is 15.5. The Kier molecular flexibility index (Phi) is 8.50. The molecule has 2 aliphatic heterocycles. The van der Waals surface area contributed by atoms with Crippen molar-refractivity contribution in [2.24, 2.45) is 18.7 Å². The topological polar surface area (TPSA) is 70.6 Å². The molecule has 6 rings (SSSR count). The van der Waals surface area contributed by atoms with E-state index < -0.39 is 0 Å². The standard InChI is InChI=1S/C35H43FN6O/c1-24-6-8-29(9-7-24)40-13-4-5-30(23-40)42(19-26-10-12-38-25(2)15-26)22-28-21-39(3)33-17-34(32(36)16-31(33)35(28)43)41-14-11-27(18-37)20-41/h6-10,12,15-17,21,27,30H,4-5,11,13-14,18-20,22-23,37H2,1-3H3/t27-,30+/m1/s1. The van der Waals surface area contributed by atoms with Gasteiger partial charge in [-0.2, -0.15) is 0 Å². The number of hydrogen-bond acceptors (Lipinski definition) is 6. The highest BCUT2D eigenvalue weighted by molar-refractivity contribution is 5.83. The molecule has 0 radical (unpaired) electrons. The van der Waals surface area contributed by atoms with Crippen molar-refractivity contribution in [1.29, 1.82) is 0 Å². The molecule has 0 aliphatic carbocycles. The number of nitrogens with two attached hydrogens (primary N) is 1. The zero-order valence-corrected chi connectivity index (χ0v) is 25.6. The summed E-state index contributed by atoms with van der Waals surface area (Å²) in [6.07, 6.45) is 6.90. The van der Waals surface area contributed by atoms with Gasteiger partial charge in [-0.25, -0.2) is 4.39 Å². The summed E-state index contributed by atoms with van der Waals surface area (Å²) >= 11 is 0. The Hall–Kier alpha value is -3.75. The lowest BCUT2D eigenvalue weighted by molar-refractivity contribution is 0.158. The summed E-state index contributed by atoms with van der Waals surface area (Å²) in [5, 5.41) is 0.431. The summed E-state index contributed by atoms with van der Waals surface area (Å²) < 4.78 is 17.5. The number of fused-ring (bicyclic) bond motifs is 1. The van der Waals surface area contributed by atoms with Crippen LogP contribution in [-0.2, 0) is 20.1 Å². The summed E-state index contributed by atoms with van der Waals surface area (Å²) in [4.78, 5) is 25.3. The fourth-order valence-corrected chi connectivity index (χ4v) is 6.87. The van der Waals surface area contributed by atoms with Gasteiger partial charge in [0, 0.05) is 87.1 Å². The Morgan fingerprint density at radius 2 is 1.81 bits per heavy atom. The van der Waals surface area contributed by atoms with Crippen LogP contribution >= 0.6 is 0 Å². The average molecular weight is 583 g/mol. The van der Waals surface area contributed by atoms with E-state index in [9.17, 15) is 4.79 Å². The third-order valence-electron chi connectivity index (χ3n) is 9.32.